The van der Waals surface area contributed by atoms with Gasteiger partial charge in [-0.1, -0.05) is 18.2 Å². The topological polar surface area (TPSA) is 76.7 Å². The van der Waals surface area contributed by atoms with E-state index in [4.69, 9.17) is 9.47 Å². The summed E-state index contributed by atoms with van der Waals surface area (Å²) in [6, 6.07) is 11.5. The third kappa shape index (κ3) is 4.60. The molecule has 2 N–H and O–H groups in total. The van der Waals surface area contributed by atoms with Crippen molar-refractivity contribution in [3.8, 4) is 11.5 Å². The average molecular weight is 386 g/mol. The normalized spacial score (nSPS) is 12.5. The summed E-state index contributed by atoms with van der Waals surface area (Å²) in [6.45, 7) is 3.99. The van der Waals surface area contributed by atoms with Gasteiger partial charge in [0.1, 0.15) is 11.2 Å². The molecular weight excluding hydrogens is 363 g/mol. The second-order valence-corrected chi connectivity index (χ2v) is 7.13. The van der Waals surface area contributed by atoms with Crippen LogP contribution in [0.15, 0.2) is 42.5 Å². The highest BCUT2D eigenvalue weighted by Crippen LogP contribution is 2.32. The molecular formula is C21H23FN2O4. The lowest BCUT2D eigenvalue weighted by molar-refractivity contribution is -0.141. The van der Waals surface area contributed by atoms with Gasteiger partial charge in [0.15, 0.2) is 11.5 Å². The van der Waals surface area contributed by atoms with E-state index in [-0.39, 0.29) is 31.0 Å². The van der Waals surface area contributed by atoms with Crippen molar-refractivity contribution >= 4 is 11.8 Å². The van der Waals surface area contributed by atoms with E-state index < -0.39 is 5.41 Å². The number of hydrogen-bond acceptors (Lipinski definition) is 4. The van der Waals surface area contributed by atoms with Crippen molar-refractivity contribution in [1.29, 1.82) is 0 Å². The molecule has 6 nitrogen and oxygen atoms in total. The van der Waals surface area contributed by atoms with Gasteiger partial charge < -0.3 is 20.1 Å². The third-order valence-corrected chi connectivity index (χ3v) is 4.64. The number of halogens is 1. The van der Waals surface area contributed by atoms with Crippen molar-refractivity contribution in [2.75, 3.05) is 13.3 Å². The maximum Gasteiger partial charge on any atom is 0.235 e. The second-order valence-electron chi connectivity index (χ2n) is 7.13. The predicted octanol–water partition coefficient (Wildman–Crippen LogP) is 2.56. The molecule has 3 rings (SSSR count). The summed E-state index contributed by atoms with van der Waals surface area (Å²) in [7, 11) is 0. The van der Waals surface area contributed by atoms with Crippen LogP contribution < -0.4 is 20.1 Å². The van der Waals surface area contributed by atoms with Gasteiger partial charge in [0.05, 0.1) is 0 Å². The maximum atomic E-state index is 12.9. The minimum absolute atomic E-state index is 0.191. The van der Waals surface area contributed by atoms with E-state index in [1.165, 1.54) is 12.1 Å². The molecule has 1 aliphatic heterocycles. The SMILES string of the molecule is CC(C)(C(=O)NCCc1ccc(F)cc1)C(=O)NCc1ccc2c(c1)OCO2. The summed E-state index contributed by atoms with van der Waals surface area (Å²) in [4.78, 5) is 25.0. The Kier molecular flexibility index (Phi) is 5.82. The molecule has 0 spiro atoms. The van der Waals surface area contributed by atoms with Crippen molar-refractivity contribution < 1.29 is 23.5 Å². The largest absolute Gasteiger partial charge is 0.454 e. The Morgan fingerprint density at radius 3 is 2.36 bits per heavy atom. The van der Waals surface area contributed by atoms with Gasteiger partial charge in [-0.2, -0.15) is 0 Å². The highest BCUT2D eigenvalue weighted by Gasteiger charge is 2.35. The van der Waals surface area contributed by atoms with Crippen molar-refractivity contribution in [3.63, 3.8) is 0 Å². The van der Waals surface area contributed by atoms with E-state index in [0.29, 0.717) is 24.5 Å². The Hall–Kier alpha value is -3.09. The quantitative estimate of drug-likeness (QED) is 0.717. The molecule has 28 heavy (non-hydrogen) atoms. The first-order valence-electron chi connectivity index (χ1n) is 9.06. The average Bonchev–Trinajstić information content (AvgIpc) is 3.15. The number of carbonyl (C=O) groups is 2. The Bertz CT molecular complexity index is 865. The summed E-state index contributed by atoms with van der Waals surface area (Å²) >= 11 is 0. The number of rotatable bonds is 7. The first-order valence-corrected chi connectivity index (χ1v) is 9.06. The molecule has 0 aliphatic carbocycles. The van der Waals surface area contributed by atoms with Crippen LogP contribution in [0.25, 0.3) is 0 Å². The lowest BCUT2D eigenvalue weighted by Gasteiger charge is -2.23. The van der Waals surface area contributed by atoms with Gasteiger partial charge in [-0.25, -0.2) is 4.39 Å². The zero-order valence-corrected chi connectivity index (χ0v) is 15.9. The predicted molar refractivity (Wildman–Crippen MR) is 101 cm³/mol. The van der Waals surface area contributed by atoms with Gasteiger partial charge in [-0.3, -0.25) is 9.59 Å². The van der Waals surface area contributed by atoms with Crippen LogP contribution in [0.5, 0.6) is 11.5 Å². The summed E-state index contributed by atoms with van der Waals surface area (Å²) in [5, 5.41) is 5.56. The first-order chi connectivity index (χ1) is 13.4. The van der Waals surface area contributed by atoms with E-state index in [1.807, 2.05) is 6.07 Å². The number of ether oxygens (including phenoxy) is 2. The molecule has 0 aromatic heterocycles. The summed E-state index contributed by atoms with van der Waals surface area (Å²) in [5.41, 5.74) is 0.538. The van der Waals surface area contributed by atoms with Crippen LogP contribution in [0.4, 0.5) is 4.39 Å². The zero-order valence-electron chi connectivity index (χ0n) is 15.9. The molecule has 0 unspecified atom stereocenters. The van der Waals surface area contributed by atoms with Crippen LogP contribution >= 0.6 is 0 Å². The molecule has 1 heterocycles. The Labute approximate surface area is 163 Å². The van der Waals surface area contributed by atoms with Crippen LogP contribution in [0.3, 0.4) is 0 Å². The van der Waals surface area contributed by atoms with E-state index in [9.17, 15) is 14.0 Å². The Morgan fingerprint density at radius 1 is 0.964 bits per heavy atom. The number of benzene rings is 2. The number of amides is 2. The fourth-order valence-electron chi connectivity index (χ4n) is 2.75. The molecule has 1 aliphatic rings. The summed E-state index contributed by atoms with van der Waals surface area (Å²) in [6.07, 6.45) is 0.556. The lowest BCUT2D eigenvalue weighted by Crippen LogP contribution is -2.48. The number of carbonyl (C=O) groups excluding carboxylic acids is 2. The molecule has 0 radical (unpaired) electrons. The van der Waals surface area contributed by atoms with Crippen molar-refractivity contribution in [2.24, 2.45) is 5.41 Å². The molecule has 2 aromatic carbocycles. The lowest BCUT2D eigenvalue weighted by atomic mass is 9.91. The van der Waals surface area contributed by atoms with Gasteiger partial charge >= 0.3 is 0 Å². The second kappa shape index (κ2) is 8.29. The molecule has 0 fully saturated rings. The van der Waals surface area contributed by atoms with E-state index in [0.717, 1.165) is 11.1 Å². The van der Waals surface area contributed by atoms with Gasteiger partial charge in [-0.05, 0) is 55.7 Å². The van der Waals surface area contributed by atoms with Gasteiger partial charge in [-0.15, -0.1) is 0 Å². The molecule has 0 bridgehead atoms. The minimum atomic E-state index is -1.22. The molecule has 7 heteroatoms. The first kappa shape index (κ1) is 19.7. The van der Waals surface area contributed by atoms with Crippen molar-refractivity contribution in [1.82, 2.24) is 10.6 Å². The van der Waals surface area contributed by atoms with Gasteiger partial charge in [0, 0.05) is 13.1 Å². The summed E-state index contributed by atoms with van der Waals surface area (Å²) < 4.78 is 23.5. The van der Waals surface area contributed by atoms with Crippen LogP contribution in [0.2, 0.25) is 0 Å². The fourth-order valence-corrected chi connectivity index (χ4v) is 2.75. The zero-order chi connectivity index (χ0) is 20.1. The number of hydrogen-bond donors (Lipinski definition) is 2. The van der Waals surface area contributed by atoms with Crippen molar-refractivity contribution in [3.05, 3.63) is 59.4 Å². The third-order valence-electron chi connectivity index (χ3n) is 4.64. The summed E-state index contributed by atoms with van der Waals surface area (Å²) in [5.74, 6) is 0.288. The fraction of sp³-hybridized carbons (Fsp3) is 0.333. The molecule has 148 valence electrons. The van der Waals surface area contributed by atoms with Crippen LogP contribution in [0, 0.1) is 11.2 Å². The highest BCUT2D eigenvalue weighted by atomic mass is 19.1. The number of fused-ring (bicyclic) bond motifs is 1. The molecule has 0 saturated heterocycles. The maximum absolute atomic E-state index is 12.9. The van der Waals surface area contributed by atoms with Gasteiger partial charge in [0.25, 0.3) is 0 Å². The van der Waals surface area contributed by atoms with Crippen molar-refractivity contribution in [2.45, 2.75) is 26.8 Å². The van der Waals surface area contributed by atoms with E-state index in [2.05, 4.69) is 10.6 Å². The van der Waals surface area contributed by atoms with Crippen LogP contribution in [0.1, 0.15) is 25.0 Å². The van der Waals surface area contributed by atoms with Crippen LogP contribution in [-0.2, 0) is 22.6 Å². The van der Waals surface area contributed by atoms with E-state index >= 15 is 0 Å². The monoisotopic (exact) mass is 386 g/mol. The Balaban J connectivity index is 1.48. The van der Waals surface area contributed by atoms with E-state index in [1.54, 1.807) is 38.1 Å². The molecule has 2 amide bonds. The Morgan fingerprint density at radius 2 is 1.61 bits per heavy atom. The van der Waals surface area contributed by atoms with Crippen LogP contribution in [-0.4, -0.2) is 25.2 Å². The minimum Gasteiger partial charge on any atom is -0.454 e. The highest BCUT2D eigenvalue weighted by molar-refractivity contribution is 6.04. The van der Waals surface area contributed by atoms with Gasteiger partial charge in [0.2, 0.25) is 18.6 Å². The molecule has 0 atom stereocenters. The standard InChI is InChI=1S/C21H23FN2O4/c1-21(2,19(25)23-10-9-14-3-6-16(22)7-4-14)20(26)24-12-15-5-8-17-18(11-15)28-13-27-17/h3-8,11H,9-10,12-13H2,1-2H3,(H,23,25)(H,24,26). The number of nitrogens with one attached hydrogen (secondary N) is 2. The molecule has 0 saturated carbocycles. The smallest absolute Gasteiger partial charge is 0.235 e. The molecule has 2 aromatic rings.